The van der Waals surface area contributed by atoms with Crippen LogP contribution >= 0.6 is 0 Å². The Morgan fingerprint density at radius 2 is 0.929 bits per heavy atom. The van der Waals surface area contributed by atoms with E-state index in [9.17, 15) is 0 Å². The number of hydrogen-bond acceptors (Lipinski definition) is 0. The van der Waals surface area contributed by atoms with Gasteiger partial charge in [-0.3, -0.25) is 0 Å². The summed E-state index contributed by atoms with van der Waals surface area (Å²) in [6, 6.07) is 36.5. The molecule has 5 rings (SSSR count). The molecule has 0 nitrogen and oxygen atoms in total. The van der Waals surface area contributed by atoms with Crippen LogP contribution in [0.3, 0.4) is 0 Å². The summed E-state index contributed by atoms with van der Waals surface area (Å²) in [7, 11) is 0. The Morgan fingerprint density at radius 3 is 1.57 bits per heavy atom. The van der Waals surface area contributed by atoms with Crippen LogP contribution in [0.4, 0.5) is 0 Å². The van der Waals surface area contributed by atoms with E-state index in [-0.39, 0.29) is 0 Å². The molecule has 28 heavy (non-hydrogen) atoms. The van der Waals surface area contributed by atoms with Crippen molar-refractivity contribution in [3.63, 3.8) is 0 Å². The van der Waals surface area contributed by atoms with Gasteiger partial charge in [0.15, 0.2) is 0 Å². The Bertz CT molecular complexity index is 1140. The van der Waals surface area contributed by atoms with Crippen molar-refractivity contribution in [2.24, 2.45) is 0 Å². The molecule has 1 aliphatic carbocycles. The van der Waals surface area contributed by atoms with Crippen LogP contribution in [0.5, 0.6) is 0 Å². The van der Waals surface area contributed by atoms with Crippen molar-refractivity contribution in [2.75, 3.05) is 0 Å². The first-order valence-corrected chi connectivity index (χ1v) is 9.63. The van der Waals surface area contributed by atoms with E-state index in [0.29, 0.717) is 0 Å². The summed E-state index contributed by atoms with van der Waals surface area (Å²) in [6.45, 7) is 0. The SMILES string of the molecule is C1=Cc2ccccc2C(=Cc2ccccc2-c2ccccc2)c2ccccc21. The predicted octanol–water partition coefficient (Wildman–Crippen LogP) is 7.43. The van der Waals surface area contributed by atoms with Crippen molar-refractivity contribution < 1.29 is 0 Å². The smallest absolute Gasteiger partial charge is 0.00932 e. The highest BCUT2D eigenvalue weighted by molar-refractivity contribution is 6.01. The fraction of sp³-hybridized carbons (Fsp3) is 0. The maximum atomic E-state index is 2.34. The van der Waals surface area contributed by atoms with Crippen LogP contribution in [-0.4, -0.2) is 0 Å². The van der Waals surface area contributed by atoms with Gasteiger partial charge in [0.1, 0.15) is 0 Å². The average molecular weight is 356 g/mol. The zero-order valence-electron chi connectivity index (χ0n) is 15.5. The van der Waals surface area contributed by atoms with E-state index in [4.69, 9.17) is 0 Å². The summed E-state index contributed by atoms with van der Waals surface area (Å²) in [4.78, 5) is 0. The van der Waals surface area contributed by atoms with Gasteiger partial charge in [0.25, 0.3) is 0 Å². The molecule has 4 aromatic rings. The molecule has 0 saturated heterocycles. The van der Waals surface area contributed by atoms with Crippen LogP contribution in [-0.2, 0) is 0 Å². The molecule has 0 heteroatoms. The maximum absolute atomic E-state index is 2.34. The number of rotatable bonds is 2. The van der Waals surface area contributed by atoms with Gasteiger partial charge in [-0.05, 0) is 50.6 Å². The molecule has 132 valence electrons. The number of hydrogen-bond donors (Lipinski definition) is 0. The first-order valence-electron chi connectivity index (χ1n) is 9.63. The predicted molar refractivity (Wildman–Crippen MR) is 121 cm³/mol. The first-order chi connectivity index (χ1) is 13.9. The van der Waals surface area contributed by atoms with Gasteiger partial charge in [0.05, 0.1) is 0 Å². The van der Waals surface area contributed by atoms with Gasteiger partial charge < -0.3 is 0 Å². The van der Waals surface area contributed by atoms with E-state index in [1.807, 2.05) is 0 Å². The number of fused-ring (bicyclic) bond motifs is 2. The highest BCUT2D eigenvalue weighted by Crippen LogP contribution is 2.36. The molecule has 0 atom stereocenters. The van der Waals surface area contributed by atoms with E-state index < -0.39 is 0 Å². The summed E-state index contributed by atoms with van der Waals surface area (Å²) in [5.41, 5.74) is 10.0. The van der Waals surface area contributed by atoms with Crippen molar-refractivity contribution in [3.8, 4) is 11.1 Å². The second-order valence-corrected chi connectivity index (χ2v) is 7.02. The molecule has 4 aromatic carbocycles. The Kier molecular flexibility index (Phi) is 4.23. The third kappa shape index (κ3) is 3.00. The monoisotopic (exact) mass is 356 g/mol. The molecular weight excluding hydrogens is 336 g/mol. The van der Waals surface area contributed by atoms with Gasteiger partial charge in [-0.2, -0.15) is 0 Å². The molecule has 0 bridgehead atoms. The van der Waals surface area contributed by atoms with Crippen molar-refractivity contribution in [2.45, 2.75) is 0 Å². The highest BCUT2D eigenvalue weighted by Gasteiger charge is 2.15. The van der Waals surface area contributed by atoms with Crippen molar-refractivity contribution >= 4 is 23.8 Å². The van der Waals surface area contributed by atoms with Gasteiger partial charge in [0.2, 0.25) is 0 Å². The third-order valence-electron chi connectivity index (χ3n) is 5.29. The minimum absolute atomic E-state index is 1.23. The highest BCUT2D eigenvalue weighted by atomic mass is 14.2. The molecule has 0 N–H and O–H groups in total. The maximum Gasteiger partial charge on any atom is -0.00932 e. The molecule has 0 spiro atoms. The lowest BCUT2D eigenvalue weighted by Crippen LogP contribution is -1.93. The molecule has 0 amide bonds. The summed E-state index contributed by atoms with van der Waals surface area (Å²) in [5.74, 6) is 0. The van der Waals surface area contributed by atoms with E-state index in [2.05, 4.69) is 121 Å². The normalized spacial score (nSPS) is 12.1. The molecule has 0 aliphatic heterocycles. The Hall–Kier alpha value is -3.64. The minimum atomic E-state index is 1.23. The number of benzene rings is 4. The molecule has 1 aliphatic rings. The summed E-state index contributed by atoms with van der Waals surface area (Å²) >= 11 is 0. The molecule has 0 fully saturated rings. The zero-order chi connectivity index (χ0) is 18.8. The largest absolute Gasteiger partial charge is 0.0622 e. The molecule has 0 saturated carbocycles. The average Bonchev–Trinajstić information content (AvgIpc) is 2.92. The lowest BCUT2D eigenvalue weighted by molar-refractivity contribution is 1.53. The summed E-state index contributed by atoms with van der Waals surface area (Å²) in [5, 5.41) is 0. The topological polar surface area (TPSA) is 0 Å². The lowest BCUT2D eigenvalue weighted by Gasteiger charge is -2.14. The molecule has 0 heterocycles. The van der Waals surface area contributed by atoms with Crippen LogP contribution in [0.1, 0.15) is 27.8 Å². The Balaban J connectivity index is 1.77. The van der Waals surface area contributed by atoms with Gasteiger partial charge >= 0.3 is 0 Å². The molecule has 0 unspecified atom stereocenters. The second kappa shape index (κ2) is 7.17. The lowest BCUT2D eigenvalue weighted by atomic mass is 9.90. The van der Waals surface area contributed by atoms with E-state index in [1.165, 1.54) is 44.5 Å². The molecule has 0 radical (unpaired) electrons. The minimum Gasteiger partial charge on any atom is -0.0622 e. The Morgan fingerprint density at radius 1 is 0.429 bits per heavy atom. The van der Waals surface area contributed by atoms with Crippen LogP contribution in [0.2, 0.25) is 0 Å². The van der Waals surface area contributed by atoms with Gasteiger partial charge in [-0.25, -0.2) is 0 Å². The fourth-order valence-corrected chi connectivity index (χ4v) is 3.91. The Labute approximate surface area is 166 Å². The van der Waals surface area contributed by atoms with E-state index in [1.54, 1.807) is 0 Å². The fourth-order valence-electron chi connectivity index (χ4n) is 3.91. The zero-order valence-corrected chi connectivity index (χ0v) is 15.5. The molecular formula is C28H20. The van der Waals surface area contributed by atoms with Crippen molar-refractivity contribution in [1.29, 1.82) is 0 Å². The van der Waals surface area contributed by atoms with Gasteiger partial charge in [0, 0.05) is 0 Å². The van der Waals surface area contributed by atoms with E-state index in [0.717, 1.165) is 0 Å². The first kappa shape index (κ1) is 16.5. The quantitative estimate of drug-likeness (QED) is 0.308. The van der Waals surface area contributed by atoms with Crippen LogP contribution in [0.25, 0.3) is 34.9 Å². The molecule has 0 aromatic heterocycles. The van der Waals surface area contributed by atoms with Crippen molar-refractivity contribution in [1.82, 2.24) is 0 Å². The second-order valence-electron chi connectivity index (χ2n) is 7.02. The van der Waals surface area contributed by atoms with Gasteiger partial charge in [-0.1, -0.05) is 115 Å². The third-order valence-corrected chi connectivity index (χ3v) is 5.29. The van der Waals surface area contributed by atoms with Crippen molar-refractivity contribution in [3.05, 3.63) is 131 Å². The van der Waals surface area contributed by atoms with Crippen LogP contribution in [0.15, 0.2) is 103 Å². The standard InChI is InChI=1S/C28H20/c1-2-10-21(11-3-1)25-15-7-6-14-24(25)20-28-26-16-8-4-12-22(26)18-19-23-13-5-9-17-27(23)28/h1-20H. The van der Waals surface area contributed by atoms with Gasteiger partial charge in [-0.15, -0.1) is 0 Å². The summed E-state index contributed by atoms with van der Waals surface area (Å²) < 4.78 is 0. The van der Waals surface area contributed by atoms with Crippen LogP contribution < -0.4 is 0 Å². The van der Waals surface area contributed by atoms with Crippen LogP contribution in [0, 0.1) is 0 Å². The van der Waals surface area contributed by atoms with E-state index >= 15 is 0 Å². The summed E-state index contributed by atoms with van der Waals surface area (Å²) in [6.07, 6.45) is 6.78.